The van der Waals surface area contributed by atoms with Crippen molar-refractivity contribution >= 4 is 10.2 Å². The molecule has 0 saturated carbocycles. The first kappa shape index (κ1) is 14.9. The van der Waals surface area contributed by atoms with Gasteiger partial charge in [0.15, 0.2) is 0 Å². The quantitative estimate of drug-likeness (QED) is 0.629. The van der Waals surface area contributed by atoms with E-state index < -0.39 is 0 Å². The molecule has 0 bridgehead atoms. The molecule has 0 unspecified atom stereocenters. The molecule has 0 amide bonds. The summed E-state index contributed by atoms with van der Waals surface area (Å²) in [4.78, 5) is 2.60. The summed E-state index contributed by atoms with van der Waals surface area (Å²) in [5, 5.41) is 1.60. The zero-order valence-corrected chi connectivity index (χ0v) is 13.7. The average molecular weight is 227 g/mol. The molecule has 0 spiro atoms. The van der Waals surface area contributed by atoms with Gasteiger partial charge in [0.25, 0.3) is 0 Å². The van der Waals surface area contributed by atoms with Gasteiger partial charge < -0.3 is 0 Å². The summed E-state index contributed by atoms with van der Waals surface area (Å²) in [5.41, 5.74) is 1.59. The van der Waals surface area contributed by atoms with E-state index in [0.717, 1.165) is 11.8 Å². The van der Waals surface area contributed by atoms with Crippen molar-refractivity contribution in [1.29, 1.82) is 0 Å². The molecule has 0 atom stereocenters. The Bertz CT molecular complexity index is 193. The molecule has 2 heteroatoms. The van der Waals surface area contributed by atoms with Crippen molar-refractivity contribution in [2.75, 3.05) is 19.6 Å². The number of rotatable bonds is 6. The van der Waals surface area contributed by atoms with Gasteiger partial charge in [-0.3, -0.25) is 4.90 Å². The molecule has 0 aromatic rings. The fraction of sp³-hybridized carbons (Fsp3) is 0.846. The van der Waals surface area contributed by atoms with Gasteiger partial charge in [0.05, 0.1) is 0 Å². The second-order valence-electron chi connectivity index (χ2n) is 5.76. The van der Waals surface area contributed by atoms with Gasteiger partial charge in [0.1, 0.15) is 0 Å². The molecule has 0 heterocycles. The number of allylic oxidation sites excluding steroid dienone is 1. The predicted octanol–water partition coefficient (Wildman–Crippen LogP) is 2.26. The minimum atomic E-state index is 0.769. The van der Waals surface area contributed by atoms with Crippen LogP contribution in [0.25, 0.3) is 0 Å². The zero-order valence-electron chi connectivity index (χ0n) is 11.7. The van der Waals surface area contributed by atoms with Crippen molar-refractivity contribution in [2.45, 2.75) is 41.5 Å². The third-order valence-electron chi connectivity index (χ3n) is 2.56. The summed E-state index contributed by atoms with van der Waals surface area (Å²) in [7, 11) is 1.21. The van der Waals surface area contributed by atoms with Crippen LogP contribution < -0.4 is 0 Å². The minimum Gasteiger partial charge on any atom is -0.299 e. The van der Waals surface area contributed by atoms with Gasteiger partial charge in [-0.15, -0.1) is 0 Å². The Kier molecular flexibility index (Phi) is 7.19. The Morgan fingerprint density at radius 2 is 1.40 bits per heavy atom. The topological polar surface area (TPSA) is 3.24 Å². The Hall–Kier alpha value is -0.0831. The van der Waals surface area contributed by atoms with Crippen molar-refractivity contribution in [2.24, 2.45) is 11.8 Å². The van der Waals surface area contributed by atoms with Crippen LogP contribution in [0.4, 0.5) is 0 Å². The molecule has 90 valence electrons. The molecule has 0 saturated heterocycles. The second-order valence-corrected chi connectivity index (χ2v) is 7.26. The Morgan fingerprint density at radius 1 is 1.00 bits per heavy atom. The van der Waals surface area contributed by atoms with Gasteiger partial charge in [0.2, 0.25) is 0 Å². The fourth-order valence-corrected chi connectivity index (χ4v) is 1.89. The Balaban J connectivity index is 4.30. The molecule has 0 aliphatic carbocycles. The van der Waals surface area contributed by atoms with Gasteiger partial charge in [-0.2, -0.15) is 0 Å². The van der Waals surface area contributed by atoms with Crippen LogP contribution in [-0.2, 0) is 0 Å². The summed E-state index contributed by atoms with van der Waals surface area (Å²) in [6.07, 6.45) is 0. The SMILES string of the molecule is CC([SiH3])=C(C)CN(CC(C)C)CC(C)C. The fourth-order valence-electron chi connectivity index (χ4n) is 1.73. The standard InChI is InChI=1S/C13H29NSi/c1-10(2)7-14(8-11(3)4)9-12(5)13(6)15/h10-11H,7-9H2,1-6,15H3. The summed E-state index contributed by atoms with van der Waals surface area (Å²) in [5.74, 6) is 1.54. The molecule has 0 aromatic heterocycles. The van der Waals surface area contributed by atoms with E-state index in [1.54, 1.807) is 10.8 Å². The largest absolute Gasteiger partial charge is 0.299 e. The summed E-state index contributed by atoms with van der Waals surface area (Å²) in [6, 6.07) is 0. The zero-order chi connectivity index (χ0) is 12.0. The minimum absolute atomic E-state index is 0.769. The third kappa shape index (κ3) is 7.80. The lowest BCUT2D eigenvalue weighted by Crippen LogP contribution is -2.33. The predicted molar refractivity (Wildman–Crippen MR) is 74.4 cm³/mol. The van der Waals surface area contributed by atoms with Crippen LogP contribution in [-0.4, -0.2) is 34.8 Å². The summed E-state index contributed by atoms with van der Waals surface area (Å²) >= 11 is 0. The van der Waals surface area contributed by atoms with E-state index in [0.29, 0.717) is 0 Å². The van der Waals surface area contributed by atoms with E-state index in [1.807, 2.05) is 0 Å². The first-order valence-corrected chi connectivity index (χ1v) is 7.18. The van der Waals surface area contributed by atoms with E-state index in [2.05, 4.69) is 46.4 Å². The maximum atomic E-state index is 2.60. The third-order valence-corrected chi connectivity index (χ3v) is 3.41. The van der Waals surface area contributed by atoms with Crippen LogP contribution in [0.1, 0.15) is 41.5 Å². The van der Waals surface area contributed by atoms with E-state index in [1.165, 1.54) is 29.9 Å². The molecule has 0 N–H and O–H groups in total. The van der Waals surface area contributed by atoms with Crippen molar-refractivity contribution in [1.82, 2.24) is 4.90 Å². The molecule has 1 nitrogen and oxygen atoms in total. The Morgan fingerprint density at radius 3 is 1.67 bits per heavy atom. The van der Waals surface area contributed by atoms with E-state index >= 15 is 0 Å². The molecule has 0 radical (unpaired) electrons. The maximum absolute atomic E-state index is 2.60. The Labute approximate surface area is 99.4 Å². The van der Waals surface area contributed by atoms with E-state index in [4.69, 9.17) is 0 Å². The first-order valence-electron chi connectivity index (χ1n) is 6.18. The lowest BCUT2D eigenvalue weighted by Gasteiger charge is -2.26. The summed E-state index contributed by atoms with van der Waals surface area (Å²) in [6.45, 7) is 17.4. The van der Waals surface area contributed by atoms with E-state index in [9.17, 15) is 0 Å². The number of nitrogens with zero attached hydrogens (tertiary/aromatic N) is 1. The molecular weight excluding hydrogens is 198 g/mol. The highest BCUT2D eigenvalue weighted by Gasteiger charge is 2.10. The molecule has 0 aliphatic rings. The molecule has 15 heavy (non-hydrogen) atoms. The van der Waals surface area contributed by atoms with Gasteiger partial charge >= 0.3 is 0 Å². The van der Waals surface area contributed by atoms with Crippen LogP contribution >= 0.6 is 0 Å². The lowest BCUT2D eigenvalue weighted by molar-refractivity contribution is 0.236. The maximum Gasteiger partial charge on any atom is 0.0329 e. The second kappa shape index (κ2) is 7.23. The molecule has 0 aliphatic heterocycles. The number of hydrogen-bond donors (Lipinski definition) is 0. The van der Waals surface area contributed by atoms with Crippen LogP contribution in [0.3, 0.4) is 0 Å². The molecule has 0 rings (SSSR count). The molecule has 0 aromatic carbocycles. The van der Waals surface area contributed by atoms with Crippen molar-refractivity contribution in [3.05, 3.63) is 10.8 Å². The molecule has 0 fully saturated rings. The van der Waals surface area contributed by atoms with Gasteiger partial charge in [0, 0.05) is 29.9 Å². The number of hydrogen-bond acceptors (Lipinski definition) is 1. The highest BCUT2D eigenvalue weighted by atomic mass is 28.1. The van der Waals surface area contributed by atoms with Crippen LogP contribution in [0, 0.1) is 11.8 Å². The van der Waals surface area contributed by atoms with Gasteiger partial charge in [-0.1, -0.05) is 38.5 Å². The van der Waals surface area contributed by atoms with Crippen LogP contribution in [0.2, 0.25) is 0 Å². The van der Waals surface area contributed by atoms with Gasteiger partial charge in [-0.25, -0.2) is 0 Å². The monoisotopic (exact) mass is 227 g/mol. The van der Waals surface area contributed by atoms with Crippen molar-refractivity contribution in [3.8, 4) is 0 Å². The highest BCUT2D eigenvalue weighted by molar-refractivity contribution is 6.21. The smallest absolute Gasteiger partial charge is 0.0329 e. The highest BCUT2D eigenvalue weighted by Crippen LogP contribution is 2.08. The van der Waals surface area contributed by atoms with Crippen molar-refractivity contribution in [3.63, 3.8) is 0 Å². The average Bonchev–Trinajstić information content (AvgIpc) is 2.00. The summed E-state index contributed by atoms with van der Waals surface area (Å²) < 4.78 is 0. The molecular formula is C13H29NSi. The van der Waals surface area contributed by atoms with Crippen LogP contribution in [0.15, 0.2) is 10.8 Å². The van der Waals surface area contributed by atoms with Crippen molar-refractivity contribution < 1.29 is 0 Å². The lowest BCUT2D eigenvalue weighted by atomic mass is 10.1. The normalized spacial score (nSPS) is 14.2. The van der Waals surface area contributed by atoms with Gasteiger partial charge in [-0.05, 0) is 25.7 Å². The first-order chi connectivity index (χ1) is 6.82. The van der Waals surface area contributed by atoms with E-state index in [-0.39, 0.29) is 0 Å². The van der Waals surface area contributed by atoms with Crippen LogP contribution in [0.5, 0.6) is 0 Å².